The van der Waals surface area contributed by atoms with Crippen molar-refractivity contribution in [1.82, 2.24) is 20.2 Å². The molecule has 0 atom stereocenters. The summed E-state index contributed by atoms with van der Waals surface area (Å²) in [5.41, 5.74) is 1.18. The predicted molar refractivity (Wildman–Crippen MR) is 79.2 cm³/mol. The van der Waals surface area contributed by atoms with Crippen LogP contribution in [0.2, 0.25) is 0 Å². The number of aryl methyl sites for hydroxylation is 1. The van der Waals surface area contributed by atoms with Gasteiger partial charge in [0.1, 0.15) is 5.82 Å². The van der Waals surface area contributed by atoms with Crippen LogP contribution in [0.5, 0.6) is 0 Å². The first-order valence-electron chi connectivity index (χ1n) is 7.67. The number of hydrogen-bond donors (Lipinski definition) is 2. The molecule has 0 saturated heterocycles. The van der Waals surface area contributed by atoms with Gasteiger partial charge in [-0.1, -0.05) is 19.3 Å². The fourth-order valence-corrected chi connectivity index (χ4v) is 2.94. The van der Waals surface area contributed by atoms with Gasteiger partial charge in [-0.25, -0.2) is 4.98 Å². The Balaban J connectivity index is 1.53. The van der Waals surface area contributed by atoms with E-state index in [2.05, 4.69) is 27.2 Å². The third-order valence-electron chi connectivity index (χ3n) is 4.13. The third-order valence-corrected chi connectivity index (χ3v) is 4.13. The van der Waals surface area contributed by atoms with Crippen molar-refractivity contribution in [2.24, 2.45) is 0 Å². The van der Waals surface area contributed by atoms with E-state index in [1.165, 1.54) is 50.8 Å². The summed E-state index contributed by atoms with van der Waals surface area (Å²) in [6.07, 6.45) is 10.2. The molecule has 0 aromatic carbocycles. The molecule has 1 aromatic rings. The van der Waals surface area contributed by atoms with Crippen LogP contribution in [0.1, 0.15) is 50.0 Å². The monoisotopic (exact) mass is 264 g/mol. The number of aromatic nitrogens is 2. The Hall–Kier alpha value is -0.870. The van der Waals surface area contributed by atoms with Crippen molar-refractivity contribution in [1.29, 1.82) is 0 Å². The zero-order chi connectivity index (χ0) is 13.5. The first-order valence-corrected chi connectivity index (χ1v) is 7.67. The zero-order valence-electron chi connectivity index (χ0n) is 12.4. The average Bonchev–Trinajstić information content (AvgIpc) is 2.85. The SMILES string of the molecule is Cc1ncc(CNCCCN(C)C2CCCCC2)[nH]1. The van der Waals surface area contributed by atoms with Crippen molar-refractivity contribution in [3.8, 4) is 0 Å². The molecule has 1 saturated carbocycles. The Kier molecular flexibility index (Phi) is 5.86. The Labute approximate surface area is 117 Å². The van der Waals surface area contributed by atoms with Gasteiger partial charge in [0.05, 0.1) is 0 Å². The molecule has 2 N–H and O–H groups in total. The highest BCUT2D eigenvalue weighted by Gasteiger charge is 2.16. The zero-order valence-corrected chi connectivity index (χ0v) is 12.4. The van der Waals surface area contributed by atoms with Crippen LogP contribution < -0.4 is 5.32 Å². The maximum atomic E-state index is 4.20. The molecule has 1 heterocycles. The normalized spacial score (nSPS) is 17.2. The first-order chi connectivity index (χ1) is 9.25. The van der Waals surface area contributed by atoms with Crippen molar-refractivity contribution in [2.75, 3.05) is 20.1 Å². The van der Waals surface area contributed by atoms with Crippen LogP contribution in [0.25, 0.3) is 0 Å². The molecule has 0 bridgehead atoms. The van der Waals surface area contributed by atoms with Gasteiger partial charge >= 0.3 is 0 Å². The van der Waals surface area contributed by atoms with E-state index < -0.39 is 0 Å². The van der Waals surface area contributed by atoms with Crippen LogP contribution in [0.4, 0.5) is 0 Å². The van der Waals surface area contributed by atoms with Crippen LogP contribution >= 0.6 is 0 Å². The molecule has 2 rings (SSSR count). The van der Waals surface area contributed by atoms with E-state index in [-0.39, 0.29) is 0 Å². The molecule has 1 aliphatic carbocycles. The number of nitrogens with one attached hydrogen (secondary N) is 2. The molecule has 4 nitrogen and oxygen atoms in total. The number of hydrogen-bond acceptors (Lipinski definition) is 3. The van der Waals surface area contributed by atoms with E-state index in [0.29, 0.717) is 0 Å². The summed E-state index contributed by atoms with van der Waals surface area (Å²) in [4.78, 5) is 10.0. The lowest BCUT2D eigenvalue weighted by atomic mass is 9.94. The standard InChI is InChI=1S/C15H28N4/c1-13-17-12-14(18-13)11-16-9-6-10-19(2)15-7-4-3-5-8-15/h12,15-16H,3-11H2,1-2H3,(H,17,18). The van der Waals surface area contributed by atoms with Crippen molar-refractivity contribution in [3.05, 3.63) is 17.7 Å². The molecule has 0 amide bonds. The van der Waals surface area contributed by atoms with Gasteiger partial charge in [0.2, 0.25) is 0 Å². The fourth-order valence-electron chi connectivity index (χ4n) is 2.94. The molecule has 108 valence electrons. The van der Waals surface area contributed by atoms with Gasteiger partial charge in [-0.3, -0.25) is 0 Å². The molecule has 4 heteroatoms. The quantitative estimate of drug-likeness (QED) is 0.744. The van der Waals surface area contributed by atoms with E-state index in [4.69, 9.17) is 0 Å². The smallest absolute Gasteiger partial charge is 0.103 e. The Morgan fingerprint density at radius 1 is 1.37 bits per heavy atom. The molecule has 0 unspecified atom stereocenters. The maximum Gasteiger partial charge on any atom is 0.103 e. The number of imidazole rings is 1. The summed E-state index contributed by atoms with van der Waals surface area (Å²) in [6, 6.07) is 0.837. The highest BCUT2D eigenvalue weighted by molar-refractivity contribution is 4.99. The second-order valence-corrected chi connectivity index (χ2v) is 5.80. The van der Waals surface area contributed by atoms with Crippen molar-refractivity contribution in [2.45, 2.75) is 58.0 Å². The predicted octanol–water partition coefficient (Wildman–Crippen LogP) is 2.46. The molecule has 0 radical (unpaired) electrons. The lowest BCUT2D eigenvalue weighted by Gasteiger charge is -2.31. The van der Waals surface area contributed by atoms with Crippen molar-refractivity contribution in [3.63, 3.8) is 0 Å². The van der Waals surface area contributed by atoms with Crippen molar-refractivity contribution >= 4 is 0 Å². The molecule has 1 fully saturated rings. The highest BCUT2D eigenvalue weighted by Crippen LogP contribution is 2.21. The van der Waals surface area contributed by atoms with Crippen LogP contribution in [-0.4, -0.2) is 41.0 Å². The molecule has 0 spiro atoms. The van der Waals surface area contributed by atoms with Gasteiger partial charge in [-0.05, 0) is 46.3 Å². The number of nitrogens with zero attached hydrogens (tertiary/aromatic N) is 2. The summed E-state index contributed by atoms with van der Waals surface area (Å²) in [5.74, 6) is 0.994. The number of H-pyrrole nitrogens is 1. The molecule has 1 aliphatic rings. The van der Waals surface area contributed by atoms with Crippen LogP contribution in [-0.2, 0) is 6.54 Å². The van der Waals surface area contributed by atoms with Gasteiger partial charge < -0.3 is 15.2 Å². The van der Waals surface area contributed by atoms with Gasteiger partial charge in [0, 0.05) is 24.5 Å². The largest absolute Gasteiger partial charge is 0.345 e. The Morgan fingerprint density at radius 3 is 2.84 bits per heavy atom. The summed E-state index contributed by atoms with van der Waals surface area (Å²) >= 11 is 0. The highest BCUT2D eigenvalue weighted by atomic mass is 15.1. The van der Waals surface area contributed by atoms with Gasteiger partial charge in [-0.2, -0.15) is 0 Å². The van der Waals surface area contributed by atoms with E-state index in [1.807, 2.05) is 13.1 Å². The van der Waals surface area contributed by atoms with E-state index in [0.717, 1.165) is 25.0 Å². The van der Waals surface area contributed by atoms with Gasteiger partial charge in [-0.15, -0.1) is 0 Å². The number of rotatable bonds is 7. The van der Waals surface area contributed by atoms with Gasteiger partial charge in [0.25, 0.3) is 0 Å². The Morgan fingerprint density at radius 2 is 2.16 bits per heavy atom. The molecular weight excluding hydrogens is 236 g/mol. The number of aromatic amines is 1. The molecule has 19 heavy (non-hydrogen) atoms. The average molecular weight is 264 g/mol. The van der Waals surface area contributed by atoms with Crippen molar-refractivity contribution < 1.29 is 0 Å². The minimum atomic E-state index is 0.837. The van der Waals surface area contributed by atoms with E-state index in [9.17, 15) is 0 Å². The molecule has 0 aliphatic heterocycles. The van der Waals surface area contributed by atoms with Crippen LogP contribution in [0, 0.1) is 6.92 Å². The third kappa shape index (κ3) is 4.96. The summed E-state index contributed by atoms with van der Waals surface area (Å²) in [5, 5.41) is 3.48. The Bertz CT molecular complexity index is 355. The first kappa shape index (κ1) is 14.5. The fraction of sp³-hybridized carbons (Fsp3) is 0.800. The topological polar surface area (TPSA) is 44.0 Å². The molecular formula is C15H28N4. The summed E-state index contributed by atoms with van der Waals surface area (Å²) in [7, 11) is 2.29. The molecule has 1 aromatic heterocycles. The van der Waals surface area contributed by atoms with Gasteiger partial charge in [0.15, 0.2) is 0 Å². The maximum absolute atomic E-state index is 4.20. The second kappa shape index (κ2) is 7.65. The van der Waals surface area contributed by atoms with Crippen LogP contribution in [0.15, 0.2) is 6.20 Å². The minimum absolute atomic E-state index is 0.837. The lowest BCUT2D eigenvalue weighted by molar-refractivity contribution is 0.189. The minimum Gasteiger partial charge on any atom is -0.345 e. The lowest BCUT2D eigenvalue weighted by Crippen LogP contribution is -2.35. The summed E-state index contributed by atoms with van der Waals surface area (Å²) < 4.78 is 0. The van der Waals surface area contributed by atoms with E-state index in [1.54, 1.807) is 0 Å². The summed E-state index contributed by atoms with van der Waals surface area (Å²) in [6.45, 7) is 5.17. The van der Waals surface area contributed by atoms with Crippen LogP contribution in [0.3, 0.4) is 0 Å². The van der Waals surface area contributed by atoms with E-state index >= 15 is 0 Å². The second-order valence-electron chi connectivity index (χ2n) is 5.80.